The first kappa shape index (κ1) is 13.9. The van der Waals surface area contributed by atoms with Crippen LogP contribution in [0.2, 0.25) is 0 Å². The summed E-state index contributed by atoms with van der Waals surface area (Å²) >= 11 is 0. The molecule has 0 unspecified atom stereocenters. The van der Waals surface area contributed by atoms with E-state index in [1.165, 1.54) is 5.56 Å². The molecule has 5 heteroatoms. The van der Waals surface area contributed by atoms with Gasteiger partial charge >= 0.3 is 0 Å². The van der Waals surface area contributed by atoms with Crippen LogP contribution in [0.4, 0.5) is 0 Å². The first-order chi connectivity index (χ1) is 9.42. The molecule has 2 N–H and O–H groups in total. The van der Waals surface area contributed by atoms with Gasteiger partial charge in [-0.1, -0.05) is 12.1 Å². The molecule has 0 spiro atoms. The van der Waals surface area contributed by atoms with Crippen molar-refractivity contribution in [1.82, 2.24) is 20.6 Å². The number of benzene rings is 1. The number of para-hydroxylation sites is 1. The van der Waals surface area contributed by atoms with E-state index < -0.39 is 0 Å². The Balaban J connectivity index is 1.78. The molecule has 2 aromatic rings. The average molecular weight is 260 g/mol. The maximum absolute atomic E-state index is 4.97. The Morgan fingerprint density at radius 2 is 1.89 bits per heavy atom. The zero-order chi connectivity index (χ0) is 13.3. The summed E-state index contributed by atoms with van der Waals surface area (Å²) in [6, 6.07) is 6.09. The van der Waals surface area contributed by atoms with Crippen LogP contribution in [0.5, 0.6) is 0 Å². The van der Waals surface area contributed by atoms with Gasteiger partial charge in [0.15, 0.2) is 0 Å². The number of methoxy groups -OCH3 is 1. The minimum Gasteiger partial charge on any atom is -0.383 e. The molecule has 0 fully saturated rings. The van der Waals surface area contributed by atoms with Crippen LogP contribution in [0, 0.1) is 0 Å². The van der Waals surface area contributed by atoms with Gasteiger partial charge in [0, 0.05) is 45.7 Å². The number of hydrogen-bond acceptors (Lipinski definition) is 5. The van der Waals surface area contributed by atoms with Gasteiger partial charge in [-0.05, 0) is 11.6 Å². The lowest BCUT2D eigenvalue weighted by atomic mass is 10.1. The first-order valence-electron chi connectivity index (χ1n) is 6.51. The normalized spacial score (nSPS) is 11.0. The van der Waals surface area contributed by atoms with Crippen LogP contribution in [0.25, 0.3) is 11.0 Å². The largest absolute Gasteiger partial charge is 0.383 e. The van der Waals surface area contributed by atoms with Crippen molar-refractivity contribution < 1.29 is 4.74 Å². The fourth-order valence-electron chi connectivity index (χ4n) is 1.89. The Morgan fingerprint density at radius 1 is 1.05 bits per heavy atom. The Hall–Kier alpha value is -1.56. The Kier molecular flexibility index (Phi) is 5.68. The number of fused-ring (bicyclic) bond motifs is 1. The monoisotopic (exact) mass is 260 g/mol. The molecule has 0 atom stereocenters. The van der Waals surface area contributed by atoms with Gasteiger partial charge in [-0.2, -0.15) is 0 Å². The van der Waals surface area contributed by atoms with Gasteiger partial charge in [-0.3, -0.25) is 9.97 Å². The minimum absolute atomic E-state index is 0.749. The number of nitrogens with zero attached hydrogens (tertiary/aromatic N) is 2. The van der Waals surface area contributed by atoms with Crippen LogP contribution < -0.4 is 10.6 Å². The van der Waals surface area contributed by atoms with E-state index in [1.807, 2.05) is 12.1 Å². The summed E-state index contributed by atoms with van der Waals surface area (Å²) in [6.45, 7) is 4.29. The highest BCUT2D eigenvalue weighted by atomic mass is 16.5. The summed E-state index contributed by atoms with van der Waals surface area (Å²) in [6.07, 6.45) is 3.46. The molecule has 102 valence electrons. The maximum Gasteiger partial charge on any atom is 0.0931 e. The molecule has 0 aliphatic carbocycles. The van der Waals surface area contributed by atoms with Crippen molar-refractivity contribution in [2.75, 3.05) is 33.4 Å². The molecular formula is C14H20N4O. The van der Waals surface area contributed by atoms with Crippen molar-refractivity contribution in [3.8, 4) is 0 Å². The minimum atomic E-state index is 0.749. The van der Waals surface area contributed by atoms with E-state index in [-0.39, 0.29) is 0 Å². The SMILES string of the molecule is COCCNCCNCc1cccc2nccnc12. The van der Waals surface area contributed by atoms with E-state index in [4.69, 9.17) is 4.74 Å². The molecule has 1 aromatic heterocycles. The van der Waals surface area contributed by atoms with E-state index >= 15 is 0 Å². The highest BCUT2D eigenvalue weighted by molar-refractivity contribution is 5.77. The van der Waals surface area contributed by atoms with E-state index in [0.717, 1.165) is 43.8 Å². The van der Waals surface area contributed by atoms with Gasteiger partial charge in [0.1, 0.15) is 0 Å². The summed E-state index contributed by atoms with van der Waals surface area (Å²) in [5, 5.41) is 6.69. The quantitative estimate of drug-likeness (QED) is 0.692. The van der Waals surface area contributed by atoms with Crippen LogP contribution in [0.3, 0.4) is 0 Å². The number of aromatic nitrogens is 2. The lowest BCUT2D eigenvalue weighted by Crippen LogP contribution is -2.29. The van der Waals surface area contributed by atoms with Crippen molar-refractivity contribution >= 4 is 11.0 Å². The molecule has 1 aromatic carbocycles. The Bertz CT molecular complexity index is 498. The Labute approximate surface area is 113 Å². The second-order valence-electron chi connectivity index (χ2n) is 4.26. The number of ether oxygens (including phenoxy) is 1. The molecule has 0 aliphatic heterocycles. The number of hydrogen-bond donors (Lipinski definition) is 2. The lowest BCUT2D eigenvalue weighted by molar-refractivity contribution is 0.199. The van der Waals surface area contributed by atoms with Crippen molar-refractivity contribution in [2.45, 2.75) is 6.54 Å². The summed E-state index contributed by atoms with van der Waals surface area (Å²) in [7, 11) is 1.71. The molecule has 2 rings (SSSR count). The highest BCUT2D eigenvalue weighted by Gasteiger charge is 2.01. The van der Waals surface area contributed by atoms with E-state index in [1.54, 1.807) is 19.5 Å². The number of nitrogens with one attached hydrogen (secondary N) is 2. The standard InChI is InChI=1S/C14H20N4O/c1-19-10-9-15-5-6-16-11-12-3-2-4-13-14(12)18-8-7-17-13/h2-4,7-8,15-16H,5-6,9-11H2,1H3. The predicted octanol–water partition coefficient (Wildman–Crippen LogP) is 0.955. The Morgan fingerprint density at radius 3 is 2.79 bits per heavy atom. The fraction of sp³-hybridized carbons (Fsp3) is 0.429. The second-order valence-corrected chi connectivity index (χ2v) is 4.26. The highest BCUT2D eigenvalue weighted by Crippen LogP contribution is 2.13. The molecule has 0 bridgehead atoms. The summed E-state index contributed by atoms with van der Waals surface area (Å²) in [4.78, 5) is 8.69. The first-order valence-corrected chi connectivity index (χ1v) is 6.51. The molecule has 0 amide bonds. The molecule has 0 saturated heterocycles. The van der Waals surface area contributed by atoms with Crippen molar-refractivity contribution in [3.05, 3.63) is 36.2 Å². The third-order valence-electron chi connectivity index (χ3n) is 2.86. The summed E-state index contributed by atoms with van der Waals surface area (Å²) in [5.74, 6) is 0. The van der Waals surface area contributed by atoms with Gasteiger partial charge in [-0.15, -0.1) is 0 Å². The van der Waals surface area contributed by atoms with Crippen LogP contribution in [-0.2, 0) is 11.3 Å². The van der Waals surface area contributed by atoms with E-state index in [2.05, 4.69) is 26.7 Å². The van der Waals surface area contributed by atoms with Crippen LogP contribution in [0.15, 0.2) is 30.6 Å². The molecule has 0 saturated carbocycles. The van der Waals surface area contributed by atoms with Crippen molar-refractivity contribution in [1.29, 1.82) is 0 Å². The van der Waals surface area contributed by atoms with Gasteiger partial charge < -0.3 is 15.4 Å². The summed E-state index contributed by atoms with van der Waals surface area (Å²) in [5.41, 5.74) is 3.10. The molecule has 5 nitrogen and oxygen atoms in total. The molecular weight excluding hydrogens is 240 g/mol. The predicted molar refractivity (Wildman–Crippen MR) is 76.0 cm³/mol. The van der Waals surface area contributed by atoms with E-state index in [9.17, 15) is 0 Å². The number of rotatable bonds is 8. The van der Waals surface area contributed by atoms with E-state index in [0.29, 0.717) is 0 Å². The van der Waals surface area contributed by atoms with Crippen molar-refractivity contribution in [2.24, 2.45) is 0 Å². The fourth-order valence-corrected chi connectivity index (χ4v) is 1.89. The van der Waals surface area contributed by atoms with Crippen LogP contribution >= 0.6 is 0 Å². The van der Waals surface area contributed by atoms with Gasteiger partial charge in [0.25, 0.3) is 0 Å². The van der Waals surface area contributed by atoms with Crippen LogP contribution in [0.1, 0.15) is 5.56 Å². The maximum atomic E-state index is 4.97. The second kappa shape index (κ2) is 7.78. The van der Waals surface area contributed by atoms with Crippen LogP contribution in [-0.4, -0.2) is 43.3 Å². The zero-order valence-corrected chi connectivity index (χ0v) is 11.2. The average Bonchev–Trinajstić information content (AvgIpc) is 2.46. The molecule has 1 heterocycles. The zero-order valence-electron chi connectivity index (χ0n) is 11.2. The molecule has 19 heavy (non-hydrogen) atoms. The van der Waals surface area contributed by atoms with Crippen molar-refractivity contribution in [3.63, 3.8) is 0 Å². The smallest absolute Gasteiger partial charge is 0.0931 e. The summed E-state index contributed by atoms with van der Waals surface area (Å²) < 4.78 is 4.97. The van der Waals surface area contributed by atoms with Gasteiger partial charge in [-0.25, -0.2) is 0 Å². The molecule has 0 radical (unpaired) electrons. The topological polar surface area (TPSA) is 59.1 Å². The third-order valence-corrected chi connectivity index (χ3v) is 2.86. The lowest BCUT2D eigenvalue weighted by Gasteiger charge is -2.08. The van der Waals surface area contributed by atoms with Gasteiger partial charge in [0.2, 0.25) is 0 Å². The third kappa shape index (κ3) is 4.24. The molecule has 0 aliphatic rings. The van der Waals surface area contributed by atoms with Gasteiger partial charge in [0.05, 0.1) is 17.6 Å².